The molecule has 0 amide bonds. The minimum Gasteiger partial charge on any atom is -0.247 e. The molecule has 0 aliphatic carbocycles. The van der Waals surface area contributed by atoms with E-state index >= 15 is 0 Å². The third-order valence-electron chi connectivity index (χ3n) is 1.11. The molecular formula is C10H21N3. The monoisotopic (exact) mass is 183 g/mol. The van der Waals surface area contributed by atoms with Crippen LogP contribution >= 0.6 is 0 Å². The molecule has 1 rings (SSSR count). The van der Waals surface area contributed by atoms with E-state index in [1.807, 2.05) is 10.9 Å². The summed E-state index contributed by atoms with van der Waals surface area (Å²) in [5.74, 6) is 0.833. The fourth-order valence-corrected chi connectivity index (χ4v) is 0.566. The van der Waals surface area contributed by atoms with E-state index in [4.69, 9.17) is 0 Å². The fourth-order valence-electron chi connectivity index (χ4n) is 0.566. The molecule has 0 aliphatic rings. The molecule has 0 fully saturated rings. The van der Waals surface area contributed by atoms with Crippen LogP contribution < -0.4 is 0 Å². The van der Waals surface area contributed by atoms with Crippen LogP contribution in [0.2, 0.25) is 0 Å². The highest BCUT2D eigenvalue weighted by atomic mass is 15.4. The van der Waals surface area contributed by atoms with Gasteiger partial charge < -0.3 is 0 Å². The van der Waals surface area contributed by atoms with E-state index in [2.05, 4.69) is 51.9 Å². The summed E-state index contributed by atoms with van der Waals surface area (Å²) in [6.45, 7) is 12.8. The molecular weight excluding hydrogens is 162 g/mol. The summed E-state index contributed by atoms with van der Waals surface area (Å²) in [5.41, 5.74) is 0.0660. The molecule has 0 aromatic carbocycles. The Labute approximate surface area is 81.2 Å². The summed E-state index contributed by atoms with van der Waals surface area (Å²) >= 11 is 0. The van der Waals surface area contributed by atoms with Crippen molar-refractivity contribution >= 4 is 0 Å². The molecule has 0 N–H and O–H groups in total. The first kappa shape index (κ1) is 12.1. The van der Waals surface area contributed by atoms with Gasteiger partial charge in [0.15, 0.2) is 0 Å². The van der Waals surface area contributed by atoms with Gasteiger partial charge >= 0.3 is 0 Å². The van der Waals surface area contributed by atoms with Gasteiger partial charge in [-0.05, 0) is 26.7 Å². The standard InChI is InChI=1S/C6H11N3.C4H10/c1-6(2,3)9-5-4-7-8-9;1-4(2)3/h4-5H,1-3H3;4H,1-3H3. The van der Waals surface area contributed by atoms with E-state index in [9.17, 15) is 0 Å². The lowest BCUT2D eigenvalue weighted by Crippen LogP contribution is -2.22. The van der Waals surface area contributed by atoms with Crippen LogP contribution in [0.4, 0.5) is 0 Å². The van der Waals surface area contributed by atoms with Crippen molar-refractivity contribution in [3.63, 3.8) is 0 Å². The molecule has 0 aliphatic heterocycles. The van der Waals surface area contributed by atoms with Crippen LogP contribution in [-0.4, -0.2) is 15.0 Å². The Hall–Kier alpha value is -0.860. The predicted octanol–water partition coefficient (Wildman–Crippen LogP) is 2.70. The van der Waals surface area contributed by atoms with E-state index in [0.717, 1.165) is 5.92 Å². The Morgan fingerprint density at radius 2 is 1.62 bits per heavy atom. The Balaban J connectivity index is 0.000000310. The van der Waals surface area contributed by atoms with Crippen molar-refractivity contribution < 1.29 is 0 Å². The van der Waals surface area contributed by atoms with Crippen LogP contribution in [0.15, 0.2) is 12.4 Å². The molecule has 1 heterocycles. The topological polar surface area (TPSA) is 30.7 Å². The van der Waals surface area contributed by atoms with Gasteiger partial charge in [-0.15, -0.1) is 5.10 Å². The van der Waals surface area contributed by atoms with Crippen molar-refractivity contribution in [3.8, 4) is 0 Å². The number of aromatic nitrogens is 3. The number of hydrogen-bond donors (Lipinski definition) is 0. The molecule has 13 heavy (non-hydrogen) atoms. The molecule has 1 aromatic heterocycles. The highest BCUT2D eigenvalue weighted by Gasteiger charge is 2.11. The molecule has 1 aromatic rings. The molecule has 76 valence electrons. The van der Waals surface area contributed by atoms with Crippen LogP contribution in [0.3, 0.4) is 0 Å². The first-order chi connectivity index (χ1) is 5.84. The van der Waals surface area contributed by atoms with E-state index < -0.39 is 0 Å². The maximum absolute atomic E-state index is 3.85. The zero-order valence-electron chi connectivity index (χ0n) is 9.57. The Kier molecular flexibility index (Phi) is 4.67. The largest absolute Gasteiger partial charge is 0.247 e. The predicted molar refractivity (Wildman–Crippen MR) is 55.5 cm³/mol. The number of hydrogen-bond acceptors (Lipinski definition) is 2. The van der Waals surface area contributed by atoms with Gasteiger partial charge in [-0.25, -0.2) is 4.68 Å². The van der Waals surface area contributed by atoms with Gasteiger partial charge in [-0.1, -0.05) is 26.0 Å². The maximum atomic E-state index is 3.85. The van der Waals surface area contributed by atoms with Crippen molar-refractivity contribution in [1.29, 1.82) is 0 Å². The zero-order valence-corrected chi connectivity index (χ0v) is 9.57. The highest BCUT2D eigenvalue weighted by molar-refractivity contribution is 4.74. The van der Waals surface area contributed by atoms with Gasteiger partial charge in [0.2, 0.25) is 0 Å². The quantitative estimate of drug-likeness (QED) is 0.619. The van der Waals surface area contributed by atoms with Gasteiger partial charge in [0.25, 0.3) is 0 Å². The molecule has 0 atom stereocenters. The first-order valence-electron chi connectivity index (χ1n) is 4.71. The smallest absolute Gasteiger partial charge is 0.0693 e. The SMILES string of the molecule is CC(C)(C)n1ccnn1.CC(C)C. The second kappa shape index (κ2) is 5.00. The summed E-state index contributed by atoms with van der Waals surface area (Å²) in [6, 6.07) is 0. The van der Waals surface area contributed by atoms with Gasteiger partial charge in [0.05, 0.1) is 11.7 Å². The lowest BCUT2D eigenvalue weighted by Gasteiger charge is -2.17. The summed E-state index contributed by atoms with van der Waals surface area (Å²) in [4.78, 5) is 0. The van der Waals surface area contributed by atoms with Crippen LogP contribution in [0.5, 0.6) is 0 Å². The molecule has 0 radical (unpaired) electrons. The normalized spacial score (nSPS) is 11.0. The highest BCUT2D eigenvalue weighted by Crippen LogP contribution is 2.09. The Morgan fingerprint density at radius 1 is 1.15 bits per heavy atom. The summed E-state index contributed by atoms with van der Waals surface area (Å²) in [6.07, 6.45) is 3.55. The third kappa shape index (κ3) is 6.31. The average Bonchev–Trinajstić information content (AvgIpc) is 2.31. The summed E-state index contributed by atoms with van der Waals surface area (Å²) < 4.78 is 1.83. The van der Waals surface area contributed by atoms with Crippen LogP contribution in [0, 0.1) is 5.92 Å². The second-order valence-corrected chi connectivity index (χ2v) is 4.75. The van der Waals surface area contributed by atoms with Crippen molar-refractivity contribution in [2.24, 2.45) is 5.92 Å². The van der Waals surface area contributed by atoms with Crippen LogP contribution in [0.1, 0.15) is 41.5 Å². The fraction of sp³-hybridized carbons (Fsp3) is 0.800. The van der Waals surface area contributed by atoms with E-state index in [-0.39, 0.29) is 5.54 Å². The van der Waals surface area contributed by atoms with Gasteiger partial charge in [-0.2, -0.15) is 0 Å². The molecule has 0 spiro atoms. The molecule has 3 nitrogen and oxygen atoms in total. The molecule has 3 heteroatoms. The zero-order chi connectivity index (χ0) is 10.5. The van der Waals surface area contributed by atoms with Gasteiger partial charge in [0.1, 0.15) is 0 Å². The van der Waals surface area contributed by atoms with E-state index in [1.54, 1.807) is 6.20 Å². The minimum absolute atomic E-state index is 0.0660. The number of nitrogens with zero attached hydrogens (tertiary/aromatic N) is 3. The maximum Gasteiger partial charge on any atom is 0.0693 e. The van der Waals surface area contributed by atoms with Crippen molar-refractivity contribution in [2.45, 2.75) is 47.1 Å². The summed E-state index contributed by atoms with van der Waals surface area (Å²) in [7, 11) is 0. The average molecular weight is 183 g/mol. The Bertz CT molecular complexity index is 204. The van der Waals surface area contributed by atoms with Gasteiger partial charge in [-0.3, -0.25) is 0 Å². The molecule has 0 saturated heterocycles. The van der Waals surface area contributed by atoms with Crippen molar-refractivity contribution in [2.75, 3.05) is 0 Å². The lowest BCUT2D eigenvalue weighted by molar-refractivity contribution is 0.347. The summed E-state index contributed by atoms with van der Waals surface area (Å²) in [5, 5.41) is 7.56. The van der Waals surface area contributed by atoms with Crippen molar-refractivity contribution in [3.05, 3.63) is 12.4 Å². The molecule has 0 bridgehead atoms. The molecule has 0 saturated carbocycles. The van der Waals surface area contributed by atoms with E-state index in [0.29, 0.717) is 0 Å². The minimum atomic E-state index is 0.0660. The van der Waals surface area contributed by atoms with Crippen LogP contribution in [0.25, 0.3) is 0 Å². The molecule has 0 unspecified atom stereocenters. The van der Waals surface area contributed by atoms with Crippen LogP contribution in [-0.2, 0) is 5.54 Å². The number of rotatable bonds is 0. The second-order valence-electron chi connectivity index (χ2n) is 4.75. The van der Waals surface area contributed by atoms with E-state index in [1.165, 1.54) is 0 Å². The third-order valence-corrected chi connectivity index (χ3v) is 1.11. The first-order valence-corrected chi connectivity index (χ1v) is 4.71. The Morgan fingerprint density at radius 3 is 1.77 bits per heavy atom. The van der Waals surface area contributed by atoms with Crippen molar-refractivity contribution in [1.82, 2.24) is 15.0 Å². The van der Waals surface area contributed by atoms with Gasteiger partial charge in [0, 0.05) is 6.20 Å². The lowest BCUT2D eigenvalue weighted by atomic mass is 10.1.